The zero-order chi connectivity index (χ0) is 21.8. The van der Waals surface area contributed by atoms with Gasteiger partial charge in [-0.2, -0.15) is 0 Å². The molecule has 31 heavy (non-hydrogen) atoms. The topological polar surface area (TPSA) is 119 Å². The van der Waals surface area contributed by atoms with Crippen molar-refractivity contribution in [2.75, 3.05) is 10.0 Å². The molecule has 3 aromatic carbocycles. The highest BCUT2D eigenvalue weighted by molar-refractivity contribution is 7.92. The standard InChI is InChI=1S/C21H18N6O3S/c1-15-12-16(10-11-20(15)27-14-22-25-26-27)21(28)23-17-6-5-7-18(13-17)24-31(29,30)19-8-3-2-4-9-19/h2-14,24H,1H3,(H,23,28). The van der Waals surface area contributed by atoms with Crippen LogP contribution in [0.3, 0.4) is 0 Å². The van der Waals surface area contributed by atoms with Gasteiger partial charge in [-0.15, -0.1) is 5.10 Å². The quantitative estimate of drug-likeness (QED) is 0.481. The number of aromatic nitrogens is 4. The lowest BCUT2D eigenvalue weighted by Crippen LogP contribution is -2.14. The molecule has 0 saturated carbocycles. The largest absolute Gasteiger partial charge is 0.322 e. The van der Waals surface area contributed by atoms with Crippen molar-refractivity contribution in [1.29, 1.82) is 0 Å². The maximum Gasteiger partial charge on any atom is 0.261 e. The number of carbonyl (C=O) groups is 1. The van der Waals surface area contributed by atoms with E-state index in [1.807, 2.05) is 6.92 Å². The average molecular weight is 434 g/mol. The van der Waals surface area contributed by atoms with Gasteiger partial charge >= 0.3 is 0 Å². The van der Waals surface area contributed by atoms with Crippen molar-refractivity contribution in [3.8, 4) is 5.69 Å². The Bertz CT molecular complexity index is 1320. The van der Waals surface area contributed by atoms with E-state index in [2.05, 4.69) is 25.6 Å². The number of nitrogens with one attached hydrogen (secondary N) is 2. The third-order valence-electron chi connectivity index (χ3n) is 4.48. The second-order valence-electron chi connectivity index (χ2n) is 6.71. The Hall–Kier alpha value is -4.05. The highest BCUT2D eigenvalue weighted by Gasteiger charge is 2.14. The number of rotatable bonds is 6. The van der Waals surface area contributed by atoms with Crippen LogP contribution >= 0.6 is 0 Å². The number of amides is 1. The van der Waals surface area contributed by atoms with Crippen molar-refractivity contribution in [3.05, 3.63) is 90.3 Å². The van der Waals surface area contributed by atoms with Crippen LogP contribution in [0.15, 0.2) is 84.0 Å². The average Bonchev–Trinajstić information content (AvgIpc) is 3.29. The minimum atomic E-state index is -3.72. The van der Waals surface area contributed by atoms with Crippen LogP contribution in [0.5, 0.6) is 0 Å². The Morgan fingerprint density at radius 3 is 2.42 bits per heavy atom. The van der Waals surface area contributed by atoms with E-state index in [0.29, 0.717) is 16.9 Å². The molecule has 0 aliphatic carbocycles. The predicted molar refractivity (Wildman–Crippen MR) is 116 cm³/mol. The maximum atomic E-state index is 12.7. The molecular formula is C21H18N6O3S. The second-order valence-corrected chi connectivity index (χ2v) is 8.39. The Kier molecular flexibility index (Phi) is 5.46. The number of aryl methyl sites for hydroxylation is 1. The second kappa shape index (κ2) is 8.36. The molecule has 4 aromatic rings. The van der Waals surface area contributed by atoms with E-state index >= 15 is 0 Å². The predicted octanol–water partition coefficient (Wildman–Crippen LogP) is 3.02. The van der Waals surface area contributed by atoms with E-state index in [0.717, 1.165) is 11.3 Å². The maximum absolute atomic E-state index is 12.7. The summed E-state index contributed by atoms with van der Waals surface area (Å²) < 4.78 is 29.1. The summed E-state index contributed by atoms with van der Waals surface area (Å²) in [5.74, 6) is -0.325. The van der Waals surface area contributed by atoms with Crippen LogP contribution in [0, 0.1) is 6.92 Å². The van der Waals surface area contributed by atoms with E-state index < -0.39 is 10.0 Å². The Morgan fingerprint density at radius 1 is 0.935 bits per heavy atom. The van der Waals surface area contributed by atoms with Crippen LogP contribution in [0.1, 0.15) is 15.9 Å². The van der Waals surface area contributed by atoms with Gasteiger partial charge in [0, 0.05) is 11.3 Å². The molecule has 0 unspecified atom stereocenters. The van der Waals surface area contributed by atoms with Crippen LogP contribution < -0.4 is 10.0 Å². The summed E-state index contributed by atoms with van der Waals surface area (Å²) in [6.07, 6.45) is 1.48. The van der Waals surface area contributed by atoms with Crippen molar-refractivity contribution in [2.24, 2.45) is 0 Å². The van der Waals surface area contributed by atoms with Crippen molar-refractivity contribution in [2.45, 2.75) is 11.8 Å². The van der Waals surface area contributed by atoms with Gasteiger partial charge in [0.1, 0.15) is 6.33 Å². The van der Waals surface area contributed by atoms with Crippen LogP contribution in [0.4, 0.5) is 11.4 Å². The third-order valence-corrected chi connectivity index (χ3v) is 5.88. The molecule has 0 saturated heterocycles. The highest BCUT2D eigenvalue weighted by Crippen LogP contribution is 2.21. The number of sulfonamides is 1. The lowest BCUT2D eigenvalue weighted by Gasteiger charge is -2.11. The zero-order valence-corrected chi connectivity index (χ0v) is 17.2. The van der Waals surface area contributed by atoms with E-state index in [1.54, 1.807) is 60.7 Å². The fourth-order valence-electron chi connectivity index (χ4n) is 3.00. The summed E-state index contributed by atoms with van der Waals surface area (Å²) in [4.78, 5) is 12.8. The Morgan fingerprint density at radius 2 is 1.71 bits per heavy atom. The first-order valence-corrected chi connectivity index (χ1v) is 10.7. The number of hydrogen-bond acceptors (Lipinski definition) is 6. The van der Waals surface area contributed by atoms with Crippen molar-refractivity contribution >= 4 is 27.3 Å². The van der Waals surface area contributed by atoms with Gasteiger partial charge in [0.05, 0.1) is 16.3 Å². The Labute approximate surface area is 178 Å². The molecule has 1 heterocycles. The summed E-state index contributed by atoms with van der Waals surface area (Å²) in [6, 6.07) is 19.7. The molecule has 156 valence electrons. The lowest BCUT2D eigenvalue weighted by atomic mass is 10.1. The van der Waals surface area contributed by atoms with Gasteiger partial charge in [0.25, 0.3) is 15.9 Å². The van der Waals surface area contributed by atoms with Crippen molar-refractivity contribution < 1.29 is 13.2 Å². The van der Waals surface area contributed by atoms with Crippen LogP contribution in [-0.2, 0) is 10.0 Å². The lowest BCUT2D eigenvalue weighted by molar-refractivity contribution is 0.102. The summed E-state index contributed by atoms with van der Waals surface area (Å²) in [6.45, 7) is 1.85. The monoisotopic (exact) mass is 434 g/mol. The van der Waals surface area contributed by atoms with Gasteiger partial charge in [-0.1, -0.05) is 24.3 Å². The highest BCUT2D eigenvalue weighted by atomic mass is 32.2. The fourth-order valence-corrected chi connectivity index (χ4v) is 4.07. The van der Waals surface area contributed by atoms with E-state index in [1.165, 1.54) is 23.1 Å². The Balaban J connectivity index is 1.50. The molecule has 0 aliphatic rings. The van der Waals surface area contributed by atoms with Crippen molar-refractivity contribution in [1.82, 2.24) is 20.2 Å². The van der Waals surface area contributed by atoms with Crippen LogP contribution in [-0.4, -0.2) is 34.5 Å². The molecule has 0 radical (unpaired) electrons. The van der Waals surface area contributed by atoms with Gasteiger partial charge < -0.3 is 5.32 Å². The molecule has 10 heteroatoms. The third kappa shape index (κ3) is 4.59. The molecule has 0 bridgehead atoms. The van der Waals surface area contributed by atoms with Crippen LogP contribution in [0.2, 0.25) is 0 Å². The van der Waals surface area contributed by atoms with Gasteiger partial charge in [0.2, 0.25) is 0 Å². The molecule has 4 rings (SSSR count). The zero-order valence-electron chi connectivity index (χ0n) is 16.4. The number of anilines is 2. The fraction of sp³-hybridized carbons (Fsp3) is 0.0476. The van der Waals surface area contributed by atoms with Gasteiger partial charge in [-0.25, -0.2) is 13.1 Å². The number of tetrazole rings is 1. The van der Waals surface area contributed by atoms with Gasteiger partial charge in [0.15, 0.2) is 0 Å². The minimum Gasteiger partial charge on any atom is -0.322 e. The first kappa shape index (κ1) is 20.2. The molecule has 1 amide bonds. The smallest absolute Gasteiger partial charge is 0.261 e. The van der Waals surface area contributed by atoms with Crippen molar-refractivity contribution in [3.63, 3.8) is 0 Å². The van der Waals surface area contributed by atoms with E-state index in [9.17, 15) is 13.2 Å². The molecule has 0 fully saturated rings. The minimum absolute atomic E-state index is 0.155. The van der Waals surface area contributed by atoms with E-state index in [4.69, 9.17) is 0 Å². The number of nitrogens with zero attached hydrogens (tertiary/aromatic N) is 4. The summed E-state index contributed by atoms with van der Waals surface area (Å²) in [5.41, 5.74) is 2.83. The molecule has 0 spiro atoms. The first-order chi connectivity index (χ1) is 14.9. The molecule has 1 aromatic heterocycles. The summed E-state index contributed by atoms with van der Waals surface area (Å²) in [5, 5.41) is 13.9. The molecule has 9 nitrogen and oxygen atoms in total. The molecular weight excluding hydrogens is 416 g/mol. The molecule has 2 N–H and O–H groups in total. The van der Waals surface area contributed by atoms with Gasteiger partial charge in [-0.3, -0.25) is 9.52 Å². The normalized spacial score (nSPS) is 11.1. The number of benzene rings is 3. The van der Waals surface area contributed by atoms with E-state index in [-0.39, 0.29) is 10.8 Å². The first-order valence-electron chi connectivity index (χ1n) is 9.26. The summed E-state index contributed by atoms with van der Waals surface area (Å²) >= 11 is 0. The molecule has 0 atom stereocenters. The van der Waals surface area contributed by atoms with Gasteiger partial charge in [-0.05, 0) is 71.4 Å². The molecule has 0 aliphatic heterocycles. The summed E-state index contributed by atoms with van der Waals surface area (Å²) in [7, 11) is -3.72. The van der Waals surface area contributed by atoms with Crippen LogP contribution in [0.25, 0.3) is 5.69 Å². The number of carbonyl (C=O) groups excluding carboxylic acids is 1. The number of hydrogen-bond donors (Lipinski definition) is 2. The SMILES string of the molecule is Cc1cc(C(=O)Nc2cccc(NS(=O)(=O)c3ccccc3)c2)ccc1-n1cnnn1.